The zero-order valence-electron chi connectivity index (χ0n) is 46.6. The van der Waals surface area contributed by atoms with Crippen molar-refractivity contribution >= 4 is 110 Å². The summed E-state index contributed by atoms with van der Waals surface area (Å²) in [5.41, 5.74) is 21.9. The van der Waals surface area contributed by atoms with Crippen LogP contribution in [0.25, 0.3) is 98.4 Å². The molecule has 0 atom stereocenters. The lowest BCUT2D eigenvalue weighted by molar-refractivity contribution is 0.668. The first-order valence-corrected chi connectivity index (χ1v) is 29.2. The van der Waals surface area contributed by atoms with Crippen molar-refractivity contribution < 1.29 is 8.83 Å². The van der Waals surface area contributed by atoms with Crippen LogP contribution in [0.5, 0.6) is 0 Å². The second kappa shape index (κ2) is 17.9. The largest absolute Gasteiger partial charge is 0.454 e. The number of para-hydroxylation sites is 4. The van der Waals surface area contributed by atoms with Gasteiger partial charge in [-0.1, -0.05) is 216 Å². The minimum atomic E-state index is -0.700. The SMILES string of the molecule is CC(C)c1ccc(N(c2ccc3c4c(c5ccccc5c3c2)-c2cc(N(c3ccc(C(C)C)cc3)c3cccc5c3oc3ccccc35)c3ccccc3c2C42c3ccccc3-c3ccccc32)c2cccc3c2oc2ccccc23)cc1. The van der Waals surface area contributed by atoms with Crippen LogP contribution < -0.4 is 9.80 Å². The molecular formula is C79H56N2O2. The van der Waals surface area contributed by atoms with Crippen molar-refractivity contribution in [2.45, 2.75) is 44.9 Å². The van der Waals surface area contributed by atoms with Crippen LogP contribution in [0.15, 0.2) is 264 Å². The smallest absolute Gasteiger partial charge is 0.159 e. The Morgan fingerprint density at radius 2 is 0.747 bits per heavy atom. The molecule has 17 rings (SSSR count). The highest BCUT2D eigenvalue weighted by molar-refractivity contribution is 6.24. The van der Waals surface area contributed by atoms with Gasteiger partial charge in [0.05, 0.1) is 22.5 Å². The Labute approximate surface area is 481 Å². The Bertz CT molecular complexity index is 5130. The van der Waals surface area contributed by atoms with E-state index in [1.807, 2.05) is 0 Å². The number of nitrogens with zero attached hydrogens (tertiary/aromatic N) is 2. The van der Waals surface area contributed by atoms with Gasteiger partial charge in [-0.15, -0.1) is 0 Å². The summed E-state index contributed by atoms with van der Waals surface area (Å²) in [6.07, 6.45) is 0. The molecule has 15 aromatic rings. The summed E-state index contributed by atoms with van der Waals surface area (Å²) in [4.78, 5) is 4.88. The van der Waals surface area contributed by atoms with Crippen molar-refractivity contribution in [3.05, 3.63) is 288 Å². The van der Waals surface area contributed by atoms with E-state index in [0.717, 1.165) is 83.4 Å². The maximum absolute atomic E-state index is 6.97. The zero-order valence-corrected chi connectivity index (χ0v) is 46.6. The normalized spacial score (nSPS) is 13.1. The molecule has 0 radical (unpaired) electrons. The van der Waals surface area contributed by atoms with Crippen LogP contribution in [0, 0.1) is 0 Å². The molecule has 13 aromatic carbocycles. The first kappa shape index (κ1) is 47.6. The molecule has 0 unspecified atom stereocenters. The highest BCUT2D eigenvalue weighted by Crippen LogP contribution is 2.68. The van der Waals surface area contributed by atoms with Gasteiger partial charge in [0, 0.05) is 44.0 Å². The summed E-state index contributed by atoms with van der Waals surface area (Å²) in [5, 5.41) is 11.6. The average molecular weight is 1070 g/mol. The molecule has 394 valence electrons. The summed E-state index contributed by atoms with van der Waals surface area (Å²) in [6, 6.07) is 94.9. The Morgan fingerprint density at radius 3 is 1.33 bits per heavy atom. The number of furan rings is 2. The van der Waals surface area contributed by atoms with Crippen LogP contribution in [0.1, 0.15) is 72.9 Å². The number of rotatable bonds is 8. The molecule has 2 aliphatic carbocycles. The molecule has 0 amide bonds. The van der Waals surface area contributed by atoms with Crippen molar-refractivity contribution in [2.75, 3.05) is 9.80 Å². The molecular weight excluding hydrogens is 1010 g/mol. The number of benzene rings is 13. The third kappa shape index (κ3) is 6.69. The molecule has 0 bridgehead atoms. The first-order valence-electron chi connectivity index (χ1n) is 29.2. The standard InChI is InChI=1S/C79H56N2O2/c1-47(2)49-35-39-51(40-36-49)80(69-31-17-27-63-58-23-11-15-33-72(58)82-77(63)69)53-43-44-62-65(45-53)54-19-5-7-25-60(54)74-66-46-71(81(52-41-37-50(38-42-52)48(3)4)70-32-18-28-64-59-24-12-16-34-73(59)83-78(64)70)57-22-6-8-26-61(57)75(66)79(76(62)74)67-29-13-9-20-55(67)56-21-10-14-30-68(56)79/h5-48H,1-4H3. The molecule has 4 heteroatoms. The lowest BCUT2D eigenvalue weighted by atomic mass is 9.68. The molecule has 2 aromatic heterocycles. The summed E-state index contributed by atoms with van der Waals surface area (Å²) in [6.45, 7) is 9.05. The highest BCUT2D eigenvalue weighted by atomic mass is 16.3. The fraction of sp³-hybridized carbons (Fsp3) is 0.0886. The number of anilines is 6. The van der Waals surface area contributed by atoms with Gasteiger partial charge < -0.3 is 18.6 Å². The van der Waals surface area contributed by atoms with Gasteiger partial charge in [0.15, 0.2) is 11.2 Å². The van der Waals surface area contributed by atoms with Crippen molar-refractivity contribution in [2.24, 2.45) is 0 Å². The van der Waals surface area contributed by atoms with Crippen LogP contribution in [-0.4, -0.2) is 0 Å². The van der Waals surface area contributed by atoms with E-state index >= 15 is 0 Å². The van der Waals surface area contributed by atoms with Crippen LogP contribution in [0.4, 0.5) is 34.1 Å². The van der Waals surface area contributed by atoms with Crippen LogP contribution in [-0.2, 0) is 5.41 Å². The van der Waals surface area contributed by atoms with Gasteiger partial charge in [0.2, 0.25) is 0 Å². The van der Waals surface area contributed by atoms with E-state index in [4.69, 9.17) is 8.83 Å². The predicted octanol–water partition coefficient (Wildman–Crippen LogP) is 22.5. The first-order chi connectivity index (χ1) is 40.8. The molecule has 1 spiro atoms. The summed E-state index contributed by atoms with van der Waals surface area (Å²) >= 11 is 0. The molecule has 0 N–H and O–H groups in total. The van der Waals surface area contributed by atoms with E-state index < -0.39 is 5.41 Å². The summed E-state index contributed by atoms with van der Waals surface area (Å²) in [5.74, 6) is 0.776. The van der Waals surface area contributed by atoms with E-state index in [1.165, 1.54) is 82.6 Å². The molecule has 0 saturated heterocycles. The van der Waals surface area contributed by atoms with E-state index in [9.17, 15) is 0 Å². The molecule has 0 saturated carbocycles. The molecule has 83 heavy (non-hydrogen) atoms. The third-order valence-corrected chi connectivity index (χ3v) is 18.4. The minimum absolute atomic E-state index is 0.381. The van der Waals surface area contributed by atoms with Gasteiger partial charge >= 0.3 is 0 Å². The van der Waals surface area contributed by atoms with Gasteiger partial charge in [-0.05, 0) is 161 Å². The van der Waals surface area contributed by atoms with E-state index in [1.54, 1.807) is 0 Å². The molecule has 0 fully saturated rings. The van der Waals surface area contributed by atoms with Crippen LogP contribution in [0.3, 0.4) is 0 Å². The zero-order chi connectivity index (χ0) is 55.2. The second-order valence-corrected chi connectivity index (χ2v) is 23.4. The molecule has 2 aliphatic rings. The van der Waals surface area contributed by atoms with Crippen molar-refractivity contribution in [1.29, 1.82) is 0 Å². The minimum Gasteiger partial charge on any atom is -0.454 e. The van der Waals surface area contributed by atoms with Gasteiger partial charge in [0.25, 0.3) is 0 Å². The third-order valence-electron chi connectivity index (χ3n) is 18.4. The van der Waals surface area contributed by atoms with Crippen molar-refractivity contribution in [3.63, 3.8) is 0 Å². The van der Waals surface area contributed by atoms with E-state index in [0.29, 0.717) is 11.8 Å². The Hall–Kier alpha value is -10.2. The van der Waals surface area contributed by atoms with E-state index in [2.05, 4.69) is 292 Å². The second-order valence-electron chi connectivity index (χ2n) is 23.4. The Morgan fingerprint density at radius 1 is 0.301 bits per heavy atom. The number of hydrogen-bond acceptors (Lipinski definition) is 4. The predicted molar refractivity (Wildman–Crippen MR) is 347 cm³/mol. The van der Waals surface area contributed by atoms with Crippen molar-refractivity contribution in [3.8, 4) is 22.3 Å². The topological polar surface area (TPSA) is 32.8 Å². The van der Waals surface area contributed by atoms with Crippen LogP contribution in [0.2, 0.25) is 0 Å². The number of hydrogen-bond donors (Lipinski definition) is 0. The van der Waals surface area contributed by atoms with Gasteiger partial charge in [-0.25, -0.2) is 0 Å². The maximum Gasteiger partial charge on any atom is 0.159 e. The lowest BCUT2D eigenvalue weighted by Gasteiger charge is -2.34. The maximum atomic E-state index is 6.97. The fourth-order valence-corrected chi connectivity index (χ4v) is 14.7. The van der Waals surface area contributed by atoms with E-state index in [-0.39, 0.29) is 0 Å². The lowest BCUT2D eigenvalue weighted by Crippen LogP contribution is -2.27. The number of fused-ring (bicyclic) bond motifs is 23. The Kier molecular flexibility index (Phi) is 10.3. The fourth-order valence-electron chi connectivity index (χ4n) is 14.7. The average Bonchev–Trinajstić information content (AvgIpc) is 1.58. The van der Waals surface area contributed by atoms with Gasteiger partial charge in [0.1, 0.15) is 11.2 Å². The van der Waals surface area contributed by atoms with Gasteiger partial charge in [-0.2, -0.15) is 0 Å². The quantitative estimate of drug-likeness (QED) is 0.142. The summed E-state index contributed by atoms with van der Waals surface area (Å²) in [7, 11) is 0. The summed E-state index contributed by atoms with van der Waals surface area (Å²) < 4.78 is 13.8. The highest BCUT2D eigenvalue weighted by Gasteiger charge is 2.54. The Balaban J connectivity index is 0.996. The molecule has 4 nitrogen and oxygen atoms in total. The van der Waals surface area contributed by atoms with Crippen LogP contribution >= 0.6 is 0 Å². The van der Waals surface area contributed by atoms with Crippen molar-refractivity contribution in [1.82, 2.24) is 0 Å². The molecule has 2 heterocycles. The van der Waals surface area contributed by atoms with Gasteiger partial charge in [-0.3, -0.25) is 0 Å². The molecule has 0 aliphatic heterocycles. The monoisotopic (exact) mass is 1060 g/mol.